The van der Waals surface area contributed by atoms with Crippen molar-refractivity contribution in [3.63, 3.8) is 0 Å². The molecule has 0 spiro atoms. The summed E-state index contributed by atoms with van der Waals surface area (Å²) in [6.07, 6.45) is 0.0311. The number of amides is 2. The fourth-order valence-corrected chi connectivity index (χ4v) is 2.24. The van der Waals surface area contributed by atoms with E-state index >= 15 is 0 Å². The highest BCUT2D eigenvalue weighted by Gasteiger charge is 2.33. The molecule has 1 fully saturated rings. The molecule has 6 nitrogen and oxygen atoms in total. The van der Waals surface area contributed by atoms with E-state index in [1.807, 2.05) is 19.9 Å². The number of aryl methyl sites for hydroxylation is 2. The lowest BCUT2D eigenvalue weighted by Crippen LogP contribution is -2.54. The molecule has 1 aromatic rings. The number of hydrazine groups is 1. The highest BCUT2D eigenvalue weighted by atomic mass is 16.5. The lowest BCUT2D eigenvalue weighted by Gasteiger charge is -2.31. The second kappa shape index (κ2) is 5.95. The van der Waals surface area contributed by atoms with Crippen LogP contribution in [0.5, 0.6) is 0 Å². The van der Waals surface area contributed by atoms with E-state index < -0.39 is 11.9 Å². The Morgan fingerprint density at radius 2 is 2.00 bits per heavy atom. The summed E-state index contributed by atoms with van der Waals surface area (Å²) in [5.41, 5.74) is 5.05. The molecular formula is C15H18N2O4. The van der Waals surface area contributed by atoms with Gasteiger partial charge in [0, 0.05) is 12.0 Å². The van der Waals surface area contributed by atoms with Gasteiger partial charge in [-0.1, -0.05) is 6.07 Å². The van der Waals surface area contributed by atoms with Crippen molar-refractivity contribution < 1.29 is 19.1 Å². The molecule has 2 rings (SSSR count). The van der Waals surface area contributed by atoms with Gasteiger partial charge in [-0.25, -0.2) is 5.01 Å². The van der Waals surface area contributed by atoms with E-state index in [1.165, 1.54) is 12.1 Å². The third-order valence-electron chi connectivity index (χ3n) is 3.63. The quantitative estimate of drug-likeness (QED) is 0.823. The Labute approximate surface area is 123 Å². The molecule has 0 aromatic heterocycles. The minimum Gasteiger partial charge on any atom is -0.469 e. The average Bonchev–Trinajstić information content (AvgIpc) is 2.47. The Bertz CT molecular complexity index is 597. The topological polar surface area (TPSA) is 75.7 Å². The Balaban J connectivity index is 2.19. The number of hydrogen-bond donors (Lipinski definition) is 1. The number of hydrogen-bond acceptors (Lipinski definition) is 4. The van der Waals surface area contributed by atoms with E-state index in [2.05, 4.69) is 10.2 Å². The van der Waals surface area contributed by atoms with Crippen molar-refractivity contribution in [2.24, 2.45) is 5.92 Å². The zero-order valence-corrected chi connectivity index (χ0v) is 12.3. The molecule has 1 aliphatic rings. The van der Waals surface area contributed by atoms with Crippen molar-refractivity contribution in [1.82, 2.24) is 10.4 Å². The predicted octanol–water partition coefficient (Wildman–Crippen LogP) is 0.970. The Kier molecular flexibility index (Phi) is 4.26. The van der Waals surface area contributed by atoms with E-state index in [1.54, 1.807) is 12.1 Å². The summed E-state index contributed by atoms with van der Waals surface area (Å²) >= 11 is 0. The van der Waals surface area contributed by atoms with Crippen molar-refractivity contribution in [2.75, 3.05) is 13.7 Å². The van der Waals surface area contributed by atoms with E-state index in [4.69, 9.17) is 0 Å². The number of carbonyl (C=O) groups excluding carboxylic acids is 3. The second-order valence-corrected chi connectivity index (χ2v) is 5.17. The van der Waals surface area contributed by atoms with Crippen LogP contribution in [-0.2, 0) is 14.3 Å². The lowest BCUT2D eigenvalue weighted by atomic mass is 10.0. The molecule has 0 saturated carbocycles. The average molecular weight is 290 g/mol. The number of nitrogens with zero attached hydrogens (tertiary/aromatic N) is 1. The third kappa shape index (κ3) is 3.21. The fourth-order valence-electron chi connectivity index (χ4n) is 2.24. The first kappa shape index (κ1) is 15.0. The molecule has 1 unspecified atom stereocenters. The van der Waals surface area contributed by atoms with Crippen LogP contribution in [0.4, 0.5) is 0 Å². The Hall–Kier alpha value is -2.37. The van der Waals surface area contributed by atoms with Crippen LogP contribution in [-0.4, -0.2) is 36.4 Å². The van der Waals surface area contributed by atoms with Crippen molar-refractivity contribution in [2.45, 2.75) is 20.3 Å². The molecular weight excluding hydrogens is 272 g/mol. The molecule has 1 aromatic carbocycles. The first-order valence-electron chi connectivity index (χ1n) is 6.68. The molecule has 1 aliphatic heterocycles. The SMILES string of the molecule is COC(=O)C1CC(=O)NN(C(=O)c2ccc(C)c(C)c2)C1. The van der Waals surface area contributed by atoms with Gasteiger partial charge < -0.3 is 4.74 Å². The molecule has 1 heterocycles. The van der Waals surface area contributed by atoms with Gasteiger partial charge in [-0.2, -0.15) is 0 Å². The number of benzene rings is 1. The van der Waals surface area contributed by atoms with Gasteiger partial charge in [0.25, 0.3) is 5.91 Å². The lowest BCUT2D eigenvalue weighted by molar-refractivity contribution is -0.151. The maximum atomic E-state index is 12.4. The number of esters is 1. The van der Waals surface area contributed by atoms with Crippen LogP contribution < -0.4 is 5.43 Å². The second-order valence-electron chi connectivity index (χ2n) is 5.17. The van der Waals surface area contributed by atoms with Crippen molar-refractivity contribution in [3.8, 4) is 0 Å². The number of carbonyl (C=O) groups is 3. The maximum absolute atomic E-state index is 12.4. The largest absolute Gasteiger partial charge is 0.469 e. The zero-order valence-electron chi connectivity index (χ0n) is 12.3. The number of methoxy groups -OCH3 is 1. The summed E-state index contributed by atoms with van der Waals surface area (Å²) in [5, 5.41) is 1.18. The first-order valence-corrected chi connectivity index (χ1v) is 6.68. The molecule has 1 atom stereocenters. The van der Waals surface area contributed by atoms with Gasteiger partial charge in [-0.15, -0.1) is 0 Å². The van der Waals surface area contributed by atoms with Crippen LogP contribution in [0.2, 0.25) is 0 Å². The van der Waals surface area contributed by atoms with E-state index in [9.17, 15) is 14.4 Å². The van der Waals surface area contributed by atoms with Crippen molar-refractivity contribution >= 4 is 17.8 Å². The van der Waals surface area contributed by atoms with Gasteiger partial charge in [-0.3, -0.25) is 19.8 Å². The highest BCUT2D eigenvalue weighted by molar-refractivity contribution is 5.97. The molecule has 1 N–H and O–H groups in total. The minimum atomic E-state index is -0.626. The fraction of sp³-hybridized carbons (Fsp3) is 0.400. The molecule has 112 valence electrons. The normalized spacial score (nSPS) is 18.1. The summed E-state index contributed by atoms with van der Waals surface area (Å²) < 4.78 is 4.65. The Morgan fingerprint density at radius 3 is 2.62 bits per heavy atom. The van der Waals surface area contributed by atoms with Gasteiger partial charge in [0.1, 0.15) is 0 Å². The third-order valence-corrected chi connectivity index (χ3v) is 3.63. The summed E-state index contributed by atoms with van der Waals surface area (Å²) in [5.74, 6) is -1.81. The molecule has 1 saturated heterocycles. The zero-order chi connectivity index (χ0) is 15.6. The van der Waals surface area contributed by atoms with Crippen molar-refractivity contribution in [3.05, 3.63) is 34.9 Å². The minimum absolute atomic E-state index is 0.0311. The van der Waals surface area contributed by atoms with Crippen LogP contribution in [0.1, 0.15) is 27.9 Å². The summed E-state index contributed by atoms with van der Waals surface area (Å²) in [6.45, 7) is 3.99. The number of rotatable bonds is 2. The Morgan fingerprint density at radius 1 is 1.29 bits per heavy atom. The van der Waals surface area contributed by atoms with Gasteiger partial charge in [0.15, 0.2) is 0 Å². The standard InChI is InChI=1S/C15H18N2O4/c1-9-4-5-11(6-10(9)2)14(19)17-8-12(15(20)21-3)7-13(18)16-17/h4-6,12H,7-8H2,1-3H3,(H,16,18). The molecule has 21 heavy (non-hydrogen) atoms. The van der Waals surface area contributed by atoms with Crippen LogP contribution in [0.25, 0.3) is 0 Å². The van der Waals surface area contributed by atoms with Crippen LogP contribution in [0.3, 0.4) is 0 Å². The van der Waals surface area contributed by atoms with Crippen LogP contribution in [0, 0.1) is 19.8 Å². The molecule has 0 radical (unpaired) electrons. The summed E-state index contributed by atoms with van der Waals surface area (Å²) in [7, 11) is 1.27. The van der Waals surface area contributed by atoms with E-state index in [0.29, 0.717) is 5.56 Å². The molecule has 0 aliphatic carbocycles. The van der Waals surface area contributed by atoms with Gasteiger partial charge in [-0.05, 0) is 37.1 Å². The van der Waals surface area contributed by atoms with Crippen LogP contribution >= 0.6 is 0 Å². The summed E-state index contributed by atoms with van der Waals surface area (Å²) in [6, 6.07) is 5.33. The van der Waals surface area contributed by atoms with Gasteiger partial charge in [0.2, 0.25) is 5.91 Å². The molecule has 2 amide bonds. The number of ether oxygens (including phenoxy) is 1. The van der Waals surface area contributed by atoms with Gasteiger partial charge in [0.05, 0.1) is 19.6 Å². The molecule has 0 bridgehead atoms. The van der Waals surface area contributed by atoms with E-state index in [0.717, 1.165) is 11.1 Å². The maximum Gasteiger partial charge on any atom is 0.311 e. The highest BCUT2D eigenvalue weighted by Crippen LogP contribution is 2.17. The van der Waals surface area contributed by atoms with E-state index in [-0.39, 0.29) is 24.8 Å². The van der Waals surface area contributed by atoms with Crippen LogP contribution in [0.15, 0.2) is 18.2 Å². The predicted molar refractivity (Wildman–Crippen MR) is 75.2 cm³/mol. The first-order chi connectivity index (χ1) is 9.92. The van der Waals surface area contributed by atoms with Crippen molar-refractivity contribution in [1.29, 1.82) is 0 Å². The smallest absolute Gasteiger partial charge is 0.311 e. The number of nitrogens with one attached hydrogen (secondary N) is 1. The monoisotopic (exact) mass is 290 g/mol. The summed E-state index contributed by atoms with van der Waals surface area (Å²) in [4.78, 5) is 35.6. The van der Waals surface area contributed by atoms with Gasteiger partial charge >= 0.3 is 5.97 Å². The molecule has 6 heteroatoms.